The summed E-state index contributed by atoms with van der Waals surface area (Å²) in [4.78, 5) is 2.37. The van der Waals surface area contributed by atoms with E-state index in [4.69, 9.17) is 0 Å². The van der Waals surface area contributed by atoms with Crippen molar-refractivity contribution in [3.63, 3.8) is 0 Å². The van der Waals surface area contributed by atoms with E-state index in [0.717, 1.165) is 44.5 Å². The molecule has 1 aromatic rings. The molecule has 1 aliphatic heterocycles. The van der Waals surface area contributed by atoms with E-state index in [1.54, 1.807) is 0 Å². The van der Waals surface area contributed by atoms with Crippen LogP contribution < -0.4 is 5.32 Å². The molecule has 0 spiro atoms. The fraction of sp³-hybridized carbons (Fsp3) is 0.647. The van der Waals surface area contributed by atoms with Gasteiger partial charge in [-0.2, -0.15) is 0 Å². The van der Waals surface area contributed by atoms with Crippen molar-refractivity contribution in [1.82, 2.24) is 10.2 Å². The van der Waals surface area contributed by atoms with Gasteiger partial charge in [0, 0.05) is 12.6 Å². The Morgan fingerprint density at radius 3 is 2.70 bits per heavy atom. The van der Waals surface area contributed by atoms with Gasteiger partial charge in [0.1, 0.15) is 0 Å². The highest BCUT2D eigenvalue weighted by atomic mass is 16.3. The van der Waals surface area contributed by atoms with E-state index in [1.807, 2.05) is 0 Å². The van der Waals surface area contributed by atoms with Crippen molar-refractivity contribution < 1.29 is 5.11 Å². The Labute approximate surface area is 123 Å². The van der Waals surface area contributed by atoms with Gasteiger partial charge in [-0.1, -0.05) is 31.2 Å². The average Bonchev–Trinajstić information content (AvgIpc) is 2.47. The second-order valence-electron chi connectivity index (χ2n) is 6.15. The summed E-state index contributed by atoms with van der Waals surface area (Å²) in [6.45, 7) is 7.21. The van der Waals surface area contributed by atoms with Crippen LogP contribution in [0.3, 0.4) is 0 Å². The van der Waals surface area contributed by atoms with Crippen LogP contribution >= 0.6 is 0 Å². The van der Waals surface area contributed by atoms with Crippen molar-refractivity contribution in [2.24, 2.45) is 0 Å². The van der Waals surface area contributed by atoms with Gasteiger partial charge in [-0.15, -0.1) is 0 Å². The van der Waals surface area contributed by atoms with E-state index < -0.39 is 5.60 Å². The van der Waals surface area contributed by atoms with Gasteiger partial charge in [-0.25, -0.2) is 0 Å². The average molecular weight is 276 g/mol. The number of hydrogen-bond donors (Lipinski definition) is 2. The molecule has 20 heavy (non-hydrogen) atoms. The van der Waals surface area contributed by atoms with Gasteiger partial charge in [0.2, 0.25) is 0 Å². The van der Waals surface area contributed by atoms with E-state index in [1.165, 1.54) is 5.56 Å². The number of nitrogens with one attached hydrogen (secondary N) is 1. The van der Waals surface area contributed by atoms with Crippen molar-refractivity contribution in [3.8, 4) is 0 Å². The van der Waals surface area contributed by atoms with Gasteiger partial charge in [-0.05, 0) is 57.5 Å². The summed E-state index contributed by atoms with van der Waals surface area (Å²) in [5.41, 5.74) is 1.72. The first-order valence-corrected chi connectivity index (χ1v) is 7.78. The molecule has 1 saturated heterocycles. The van der Waals surface area contributed by atoms with E-state index in [-0.39, 0.29) is 0 Å². The Morgan fingerprint density at radius 1 is 1.35 bits per heavy atom. The Balaban J connectivity index is 2.11. The molecule has 1 heterocycles. The van der Waals surface area contributed by atoms with E-state index in [0.29, 0.717) is 6.04 Å². The highest BCUT2D eigenvalue weighted by molar-refractivity contribution is 5.29. The van der Waals surface area contributed by atoms with Crippen molar-refractivity contribution in [3.05, 3.63) is 35.4 Å². The van der Waals surface area contributed by atoms with Crippen LogP contribution in [0.15, 0.2) is 24.3 Å². The molecule has 1 atom stereocenters. The van der Waals surface area contributed by atoms with Crippen LogP contribution in [-0.4, -0.2) is 36.2 Å². The molecule has 0 bridgehead atoms. The summed E-state index contributed by atoms with van der Waals surface area (Å²) in [7, 11) is 2.17. The third-order valence-electron chi connectivity index (χ3n) is 4.67. The molecule has 0 radical (unpaired) electrons. The molecule has 3 nitrogen and oxygen atoms in total. The van der Waals surface area contributed by atoms with Crippen LogP contribution in [0.1, 0.15) is 44.2 Å². The Morgan fingerprint density at radius 2 is 2.05 bits per heavy atom. The topological polar surface area (TPSA) is 35.5 Å². The zero-order valence-corrected chi connectivity index (χ0v) is 13.0. The monoisotopic (exact) mass is 276 g/mol. The lowest BCUT2D eigenvalue weighted by molar-refractivity contribution is 0.00582. The standard InChI is InChI=1S/C17H28N2O/c1-4-14(2)19(3)13-15-6-5-7-16(12-15)17(20)8-10-18-11-9-17/h5-7,12,14,18,20H,4,8-11,13H2,1-3H3. The molecule has 2 N–H and O–H groups in total. The zero-order chi connectivity index (χ0) is 14.6. The number of rotatable bonds is 5. The lowest BCUT2D eigenvalue weighted by Gasteiger charge is -2.33. The predicted octanol–water partition coefficient (Wildman–Crippen LogP) is 2.49. The second-order valence-corrected chi connectivity index (χ2v) is 6.15. The molecule has 1 unspecified atom stereocenters. The quantitative estimate of drug-likeness (QED) is 0.867. The molecule has 2 rings (SSSR count). The summed E-state index contributed by atoms with van der Waals surface area (Å²) in [5, 5.41) is 14.1. The predicted molar refractivity (Wildman–Crippen MR) is 83.7 cm³/mol. The van der Waals surface area contributed by atoms with Crippen LogP contribution in [0.5, 0.6) is 0 Å². The Kier molecular flexibility index (Phi) is 5.19. The lowest BCUT2D eigenvalue weighted by atomic mass is 9.84. The Hall–Kier alpha value is -0.900. The van der Waals surface area contributed by atoms with Crippen LogP contribution in [0.2, 0.25) is 0 Å². The summed E-state index contributed by atoms with van der Waals surface area (Å²) in [6.07, 6.45) is 2.76. The molecule has 1 fully saturated rings. The molecule has 1 aliphatic rings. The normalized spacial score (nSPS) is 20.1. The number of piperidine rings is 1. The SMILES string of the molecule is CCC(C)N(C)Cc1cccc(C2(O)CCNCC2)c1. The highest BCUT2D eigenvalue weighted by Crippen LogP contribution is 2.31. The zero-order valence-electron chi connectivity index (χ0n) is 13.0. The molecule has 3 heteroatoms. The lowest BCUT2D eigenvalue weighted by Crippen LogP contribution is -2.39. The van der Waals surface area contributed by atoms with Gasteiger partial charge < -0.3 is 10.4 Å². The Bertz CT molecular complexity index is 427. The summed E-state index contributed by atoms with van der Waals surface area (Å²) in [6, 6.07) is 9.07. The largest absolute Gasteiger partial charge is 0.385 e. The number of hydrogen-bond acceptors (Lipinski definition) is 3. The first-order chi connectivity index (χ1) is 9.55. The first-order valence-electron chi connectivity index (χ1n) is 7.78. The maximum absolute atomic E-state index is 10.8. The molecule has 0 aromatic heterocycles. The van der Waals surface area contributed by atoms with Crippen LogP contribution in [0.4, 0.5) is 0 Å². The van der Waals surface area contributed by atoms with E-state index in [9.17, 15) is 5.11 Å². The molecular formula is C17H28N2O. The van der Waals surface area contributed by atoms with Crippen molar-refractivity contribution >= 4 is 0 Å². The third kappa shape index (κ3) is 3.60. The maximum atomic E-state index is 10.8. The van der Waals surface area contributed by atoms with Crippen molar-refractivity contribution in [1.29, 1.82) is 0 Å². The molecule has 112 valence electrons. The molecule has 0 amide bonds. The van der Waals surface area contributed by atoms with E-state index in [2.05, 4.69) is 55.4 Å². The van der Waals surface area contributed by atoms with Gasteiger partial charge in [0.15, 0.2) is 0 Å². The highest BCUT2D eigenvalue weighted by Gasteiger charge is 2.31. The van der Waals surface area contributed by atoms with Gasteiger partial charge in [0.05, 0.1) is 5.60 Å². The summed E-state index contributed by atoms with van der Waals surface area (Å²) in [5.74, 6) is 0. The first kappa shape index (κ1) is 15.5. The molecular weight excluding hydrogens is 248 g/mol. The third-order valence-corrected chi connectivity index (χ3v) is 4.67. The number of benzene rings is 1. The molecule has 1 aromatic carbocycles. The minimum atomic E-state index is -0.643. The van der Waals surface area contributed by atoms with Crippen molar-refractivity contribution in [2.45, 2.75) is 51.3 Å². The fourth-order valence-corrected chi connectivity index (χ4v) is 2.84. The van der Waals surface area contributed by atoms with E-state index >= 15 is 0 Å². The minimum absolute atomic E-state index is 0.584. The van der Waals surface area contributed by atoms with Gasteiger partial charge >= 0.3 is 0 Å². The molecule has 0 aliphatic carbocycles. The number of nitrogens with zero attached hydrogens (tertiary/aromatic N) is 1. The van der Waals surface area contributed by atoms with Gasteiger partial charge in [0.25, 0.3) is 0 Å². The number of aliphatic hydroxyl groups is 1. The fourth-order valence-electron chi connectivity index (χ4n) is 2.84. The van der Waals surface area contributed by atoms with Crippen LogP contribution in [0, 0.1) is 0 Å². The summed E-state index contributed by atoms with van der Waals surface area (Å²) < 4.78 is 0. The van der Waals surface area contributed by atoms with Gasteiger partial charge in [-0.3, -0.25) is 4.90 Å². The smallest absolute Gasteiger partial charge is 0.0920 e. The van der Waals surface area contributed by atoms with Crippen molar-refractivity contribution in [2.75, 3.05) is 20.1 Å². The molecule has 0 saturated carbocycles. The van der Waals surface area contributed by atoms with Crippen LogP contribution in [-0.2, 0) is 12.1 Å². The minimum Gasteiger partial charge on any atom is -0.385 e. The summed E-state index contributed by atoms with van der Waals surface area (Å²) >= 11 is 0. The van der Waals surface area contributed by atoms with Crippen LogP contribution in [0.25, 0.3) is 0 Å². The maximum Gasteiger partial charge on any atom is 0.0920 e. The second kappa shape index (κ2) is 6.70.